The first-order valence-corrected chi connectivity index (χ1v) is 12.4. The fraction of sp³-hybridized carbons (Fsp3) is 0.308. The van der Waals surface area contributed by atoms with Gasteiger partial charge in [-0.3, -0.25) is 4.79 Å². The number of aromatic nitrogens is 2. The van der Waals surface area contributed by atoms with Crippen LogP contribution in [0.15, 0.2) is 48.7 Å². The van der Waals surface area contributed by atoms with Crippen LogP contribution in [-0.4, -0.2) is 45.1 Å². The van der Waals surface area contributed by atoms with Gasteiger partial charge >= 0.3 is 6.09 Å². The molecule has 186 valence electrons. The van der Waals surface area contributed by atoms with E-state index in [0.29, 0.717) is 36.3 Å². The highest BCUT2D eigenvalue weighted by Crippen LogP contribution is 2.30. The molecule has 1 aromatic heterocycles. The number of benzene rings is 2. The van der Waals surface area contributed by atoms with E-state index in [-0.39, 0.29) is 18.2 Å². The van der Waals surface area contributed by atoms with Crippen LogP contribution >= 0.6 is 11.6 Å². The summed E-state index contributed by atoms with van der Waals surface area (Å²) in [6, 6.07) is 13.8. The van der Waals surface area contributed by atoms with Gasteiger partial charge in [-0.2, -0.15) is 4.98 Å². The summed E-state index contributed by atoms with van der Waals surface area (Å²) in [5, 5.41) is 19.2. The lowest BCUT2D eigenvalue weighted by atomic mass is 9.94. The molecule has 1 atom stereocenters. The van der Waals surface area contributed by atoms with Gasteiger partial charge in [-0.25, -0.2) is 9.78 Å². The highest BCUT2D eigenvalue weighted by atomic mass is 35.5. The van der Waals surface area contributed by atoms with E-state index in [1.165, 1.54) is 4.90 Å². The molecule has 1 fully saturated rings. The Balaban J connectivity index is 1.39. The number of carboxylic acid groups (broad SMARTS) is 1. The van der Waals surface area contributed by atoms with Gasteiger partial charge in [-0.15, -0.1) is 0 Å². The largest absolute Gasteiger partial charge is 0.465 e. The second-order valence-electron chi connectivity index (χ2n) is 9.20. The highest BCUT2D eigenvalue weighted by Gasteiger charge is 2.25. The maximum absolute atomic E-state index is 12.9. The van der Waals surface area contributed by atoms with Crippen molar-refractivity contribution in [2.75, 3.05) is 29.0 Å². The van der Waals surface area contributed by atoms with E-state index in [0.717, 1.165) is 47.5 Å². The Kier molecular flexibility index (Phi) is 6.90. The Morgan fingerprint density at radius 3 is 2.86 bits per heavy atom. The average Bonchev–Trinajstić information content (AvgIpc) is 2.86. The van der Waals surface area contributed by atoms with Gasteiger partial charge in [0.15, 0.2) is 5.82 Å². The average molecular weight is 507 g/mol. The molecule has 0 spiro atoms. The molecule has 3 heterocycles. The number of nitrogens with one attached hydrogen (secondary N) is 3. The first kappa shape index (κ1) is 23.9. The van der Waals surface area contributed by atoms with Crippen molar-refractivity contribution >= 4 is 52.4 Å². The summed E-state index contributed by atoms with van der Waals surface area (Å²) in [5.74, 6) is 0.825. The van der Waals surface area contributed by atoms with Gasteiger partial charge < -0.3 is 26.0 Å². The molecule has 9 nitrogen and oxygen atoms in total. The van der Waals surface area contributed by atoms with Crippen molar-refractivity contribution in [3.05, 3.63) is 64.8 Å². The number of carbonyl (C=O) groups excluding carboxylic acids is 1. The number of nitrogens with zero attached hydrogens (tertiary/aromatic N) is 3. The smallest absolute Gasteiger partial charge is 0.407 e. The summed E-state index contributed by atoms with van der Waals surface area (Å²) in [6.07, 6.45) is 4.02. The van der Waals surface area contributed by atoms with Gasteiger partial charge in [0.25, 0.3) is 0 Å². The monoisotopic (exact) mass is 506 g/mol. The van der Waals surface area contributed by atoms with E-state index in [1.54, 1.807) is 6.20 Å². The number of hydrogen-bond donors (Lipinski definition) is 4. The highest BCUT2D eigenvalue weighted by molar-refractivity contribution is 6.32. The molecule has 0 radical (unpaired) electrons. The van der Waals surface area contributed by atoms with E-state index >= 15 is 0 Å². The molecule has 6 bridgehead atoms. The van der Waals surface area contributed by atoms with Crippen LogP contribution in [0, 0.1) is 5.92 Å². The molecule has 36 heavy (non-hydrogen) atoms. The lowest BCUT2D eigenvalue weighted by Gasteiger charge is -2.30. The predicted molar refractivity (Wildman–Crippen MR) is 139 cm³/mol. The van der Waals surface area contributed by atoms with Crippen LogP contribution in [0.3, 0.4) is 0 Å². The van der Waals surface area contributed by atoms with E-state index in [1.807, 2.05) is 30.3 Å². The summed E-state index contributed by atoms with van der Waals surface area (Å²) < 4.78 is 0. The zero-order valence-electron chi connectivity index (χ0n) is 19.6. The Labute approximate surface area is 213 Å². The zero-order chi connectivity index (χ0) is 25.1. The fourth-order valence-electron chi connectivity index (χ4n) is 4.73. The van der Waals surface area contributed by atoms with Crippen molar-refractivity contribution in [2.45, 2.75) is 32.1 Å². The summed E-state index contributed by atoms with van der Waals surface area (Å²) in [6.45, 7) is 0.922. The lowest BCUT2D eigenvalue weighted by molar-refractivity contribution is -0.117. The molecular weight excluding hydrogens is 480 g/mol. The van der Waals surface area contributed by atoms with Gasteiger partial charge in [0.05, 0.1) is 6.20 Å². The van der Waals surface area contributed by atoms with Crippen molar-refractivity contribution in [1.29, 1.82) is 0 Å². The molecule has 1 saturated heterocycles. The normalized spacial score (nSPS) is 16.9. The van der Waals surface area contributed by atoms with Gasteiger partial charge in [-0.05, 0) is 73.1 Å². The molecule has 5 rings (SSSR count). The van der Waals surface area contributed by atoms with Crippen LogP contribution in [-0.2, 0) is 17.6 Å². The first-order valence-electron chi connectivity index (χ1n) is 12.0. The number of likely N-dealkylation sites (tertiary alicyclic amines) is 1. The minimum atomic E-state index is -0.926. The number of fused-ring (bicyclic) bond motifs is 6. The Hall–Kier alpha value is -3.85. The standard InChI is InChI=1S/C26H27ClN6O3/c27-21-14-28-25-30-19-5-1-3-16(11-19)6-7-18-13-20(29-24(21)32-25)8-9-22(18)31-23(34)12-17-4-2-10-33(15-17)26(35)36/h1,3,5,8-9,11,13-14,17H,2,4,6-7,10,12,15H2,(H,31,34)(H,35,36)(H2,28,29,30,32)/t17-/m0/s1. The first-order chi connectivity index (χ1) is 17.4. The van der Waals surface area contributed by atoms with Crippen molar-refractivity contribution in [3.63, 3.8) is 0 Å². The number of amides is 2. The minimum Gasteiger partial charge on any atom is -0.465 e. The quantitative estimate of drug-likeness (QED) is 0.373. The Morgan fingerprint density at radius 2 is 2.00 bits per heavy atom. The molecule has 0 saturated carbocycles. The third-order valence-electron chi connectivity index (χ3n) is 6.52. The number of halogens is 1. The molecule has 2 aliphatic heterocycles. The van der Waals surface area contributed by atoms with Crippen molar-refractivity contribution < 1.29 is 14.7 Å². The molecule has 0 unspecified atom stereocenters. The maximum atomic E-state index is 12.9. The van der Waals surface area contributed by atoms with Crippen LogP contribution in [0.1, 0.15) is 30.4 Å². The van der Waals surface area contributed by atoms with Crippen molar-refractivity contribution in [3.8, 4) is 0 Å². The summed E-state index contributed by atoms with van der Waals surface area (Å²) in [4.78, 5) is 34.4. The lowest BCUT2D eigenvalue weighted by Crippen LogP contribution is -2.40. The van der Waals surface area contributed by atoms with Crippen molar-refractivity contribution in [2.24, 2.45) is 5.92 Å². The third kappa shape index (κ3) is 5.68. The third-order valence-corrected chi connectivity index (χ3v) is 6.79. The summed E-state index contributed by atoms with van der Waals surface area (Å²) in [5.41, 5.74) is 4.54. The van der Waals surface area contributed by atoms with Crippen LogP contribution in [0.4, 0.5) is 33.6 Å². The fourth-order valence-corrected chi connectivity index (χ4v) is 4.87. The van der Waals surface area contributed by atoms with Crippen LogP contribution in [0.2, 0.25) is 5.02 Å². The predicted octanol–water partition coefficient (Wildman–Crippen LogP) is 5.43. The van der Waals surface area contributed by atoms with E-state index in [9.17, 15) is 14.7 Å². The van der Waals surface area contributed by atoms with Gasteiger partial charge in [0, 0.05) is 36.6 Å². The number of hydrogen-bond acceptors (Lipinski definition) is 6. The molecule has 3 aromatic rings. The molecular formula is C26H27ClN6O3. The SMILES string of the molecule is O=C(C[C@@H]1CCCN(C(=O)O)C1)Nc1ccc2cc1CCc1cccc(c1)Nc1ncc(Cl)c(n1)N2. The molecule has 2 aliphatic rings. The number of piperidine rings is 1. The van der Waals surface area contributed by atoms with Crippen LogP contribution < -0.4 is 16.0 Å². The second-order valence-corrected chi connectivity index (χ2v) is 9.61. The number of rotatable bonds is 3. The van der Waals surface area contributed by atoms with E-state index < -0.39 is 6.09 Å². The molecule has 2 amide bonds. The van der Waals surface area contributed by atoms with Crippen molar-refractivity contribution in [1.82, 2.24) is 14.9 Å². The van der Waals surface area contributed by atoms with Gasteiger partial charge in [0.1, 0.15) is 5.02 Å². The Bertz CT molecular complexity index is 1300. The molecule has 2 aromatic carbocycles. The zero-order valence-corrected chi connectivity index (χ0v) is 20.4. The number of aryl methyl sites for hydroxylation is 2. The van der Waals surface area contributed by atoms with E-state index in [2.05, 4.69) is 38.1 Å². The van der Waals surface area contributed by atoms with Gasteiger partial charge in [-0.1, -0.05) is 23.7 Å². The van der Waals surface area contributed by atoms with E-state index in [4.69, 9.17) is 11.6 Å². The van der Waals surface area contributed by atoms with Crippen LogP contribution in [0.5, 0.6) is 0 Å². The molecule has 4 N–H and O–H groups in total. The minimum absolute atomic E-state index is 0.0187. The number of anilines is 5. The Morgan fingerprint density at radius 1 is 1.14 bits per heavy atom. The summed E-state index contributed by atoms with van der Waals surface area (Å²) >= 11 is 6.34. The number of carbonyl (C=O) groups is 2. The van der Waals surface area contributed by atoms with Gasteiger partial charge in [0.2, 0.25) is 11.9 Å². The van der Waals surface area contributed by atoms with Crippen LogP contribution in [0.25, 0.3) is 0 Å². The maximum Gasteiger partial charge on any atom is 0.407 e. The topological polar surface area (TPSA) is 119 Å². The second kappa shape index (κ2) is 10.4. The molecule has 0 aliphatic carbocycles. The summed E-state index contributed by atoms with van der Waals surface area (Å²) in [7, 11) is 0. The molecule has 10 heteroatoms.